The number of rotatable bonds is 3. The van der Waals surface area contributed by atoms with Gasteiger partial charge in [-0.05, 0) is 42.2 Å². The van der Waals surface area contributed by atoms with Crippen molar-refractivity contribution in [1.82, 2.24) is 0 Å². The highest BCUT2D eigenvalue weighted by Crippen LogP contribution is 2.23. The van der Waals surface area contributed by atoms with Crippen LogP contribution in [-0.2, 0) is 0 Å². The van der Waals surface area contributed by atoms with Crippen LogP contribution in [0.15, 0.2) is 51.7 Å². The lowest BCUT2D eigenvalue weighted by Gasteiger charge is -2.06. The van der Waals surface area contributed by atoms with Crippen molar-refractivity contribution in [3.8, 4) is 0 Å². The molecule has 2 heteroatoms. The summed E-state index contributed by atoms with van der Waals surface area (Å²) in [4.78, 5) is 12.8. The highest BCUT2D eigenvalue weighted by molar-refractivity contribution is 5.94. The van der Waals surface area contributed by atoms with Crippen molar-refractivity contribution in [3.05, 3.63) is 63.8 Å². The van der Waals surface area contributed by atoms with E-state index in [2.05, 4.69) is 19.9 Å². The molecule has 0 fully saturated rings. The van der Waals surface area contributed by atoms with Crippen LogP contribution in [0.5, 0.6) is 0 Å². The Balaban J connectivity index is 2.30. The summed E-state index contributed by atoms with van der Waals surface area (Å²) in [5.74, 6) is 0.491. The lowest BCUT2D eigenvalue weighted by Crippen LogP contribution is -2.04. The van der Waals surface area contributed by atoms with E-state index in [9.17, 15) is 4.79 Å². The Labute approximate surface area is 130 Å². The van der Waals surface area contributed by atoms with Crippen molar-refractivity contribution in [3.63, 3.8) is 0 Å². The van der Waals surface area contributed by atoms with Crippen LogP contribution in [0.4, 0.5) is 0 Å². The fourth-order valence-electron chi connectivity index (χ4n) is 2.57. The zero-order valence-electron chi connectivity index (χ0n) is 13.2. The van der Waals surface area contributed by atoms with Gasteiger partial charge in [-0.25, -0.2) is 0 Å². The second kappa shape index (κ2) is 5.80. The first-order chi connectivity index (χ1) is 10.6. The minimum atomic E-state index is 0.0423. The number of hydrogen-bond acceptors (Lipinski definition) is 2. The Hall–Kier alpha value is -2.35. The maximum atomic E-state index is 12.8. The van der Waals surface area contributed by atoms with Gasteiger partial charge < -0.3 is 4.42 Å². The van der Waals surface area contributed by atoms with E-state index in [1.807, 2.05) is 49.4 Å². The fourth-order valence-corrected chi connectivity index (χ4v) is 2.57. The fraction of sp³-hybridized carbons (Fsp3) is 0.250. The normalized spacial score (nSPS) is 13.2. The highest BCUT2D eigenvalue weighted by atomic mass is 16.3. The molecule has 0 spiro atoms. The molecule has 112 valence electrons. The second-order valence-corrected chi connectivity index (χ2v) is 5.90. The van der Waals surface area contributed by atoms with E-state index in [1.54, 1.807) is 0 Å². The zero-order chi connectivity index (χ0) is 15.7. The van der Waals surface area contributed by atoms with E-state index >= 15 is 0 Å². The van der Waals surface area contributed by atoms with E-state index in [1.165, 1.54) is 0 Å². The second-order valence-electron chi connectivity index (χ2n) is 5.90. The molecule has 0 N–H and O–H groups in total. The van der Waals surface area contributed by atoms with Gasteiger partial charge in [0.2, 0.25) is 5.43 Å². The van der Waals surface area contributed by atoms with Crippen LogP contribution in [0.2, 0.25) is 0 Å². The van der Waals surface area contributed by atoms with Gasteiger partial charge in [0, 0.05) is 0 Å². The Bertz CT molecular complexity index is 916. The van der Waals surface area contributed by atoms with Crippen molar-refractivity contribution >= 4 is 28.0 Å². The standard InChI is InChI=1S/C20H20O2/c1-4-13(2)8-10-15-6-5-7-17-19(15)20(21)16-11-9-14(3)12-18(16)22-17/h5-13H,4H2,1-3H3. The molecule has 0 radical (unpaired) electrons. The van der Waals surface area contributed by atoms with Gasteiger partial charge in [0.25, 0.3) is 0 Å². The van der Waals surface area contributed by atoms with E-state index in [4.69, 9.17) is 4.42 Å². The van der Waals surface area contributed by atoms with Crippen LogP contribution >= 0.6 is 0 Å². The van der Waals surface area contributed by atoms with Crippen LogP contribution in [0, 0.1) is 12.8 Å². The number of aryl methyl sites for hydroxylation is 1. The number of fused-ring (bicyclic) bond motifs is 2. The first-order valence-electron chi connectivity index (χ1n) is 7.74. The number of benzene rings is 2. The molecule has 1 heterocycles. The first kappa shape index (κ1) is 14.6. The van der Waals surface area contributed by atoms with Crippen LogP contribution in [0.1, 0.15) is 31.4 Å². The van der Waals surface area contributed by atoms with Crippen molar-refractivity contribution in [1.29, 1.82) is 0 Å². The van der Waals surface area contributed by atoms with E-state index in [0.29, 0.717) is 27.9 Å². The average molecular weight is 292 g/mol. The molecule has 0 amide bonds. The summed E-state index contributed by atoms with van der Waals surface area (Å²) in [7, 11) is 0. The quantitative estimate of drug-likeness (QED) is 0.612. The molecular weight excluding hydrogens is 272 g/mol. The SMILES string of the molecule is CCC(C)C=Cc1cccc2oc3cc(C)ccc3c(=O)c12. The third-order valence-corrected chi connectivity index (χ3v) is 4.14. The maximum absolute atomic E-state index is 12.8. The molecule has 0 saturated heterocycles. The monoisotopic (exact) mass is 292 g/mol. The molecular formula is C20H20O2. The van der Waals surface area contributed by atoms with Crippen molar-refractivity contribution in [2.45, 2.75) is 27.2 Å². The van der Waals surface area contributed by atoms with Crippen molar-refractivity contribution < 1.29 is 4.42 Å². The summed E-state index contributed by atoms with van der Waals surface area (Å²) in [5.41, 5.74) is 3.35. The Morgan fingerprint density at radius 2 is 2.00 bits per heavy atom. The Morgan fingerprint density at radius 1 is 1.18 bits per heavy atom. The predicted molar refractivity (Wildman–Crippen MR) is 93.2 cm³/mol. The number of hydrogen-bond donors (Lipinski definition) is 0. The van der Waals surface area contributed by atoms with E-state index in [0.717, 1.165) is 17.5 Å². The van der Waals surface area contributed by atoms with Crippen LogP contribution < -0.4 is 5.43 Å². The lowest BCUT2D eigenvalue weighted by atomic mass is 10.0. The largest absolute Gasteiger partial charge is 0.456 e. The van der Waals surface area contributed by atoms with Gasteiger partial charge >= 0.3 is 0 Å². The Morgan fingerprint density at radius 3 is 2.77 bits per heavy atom. The summed E-state index contributed by atoms with van der Waals surface area (Å²) in [6.07, 6.45) is 5.26. The number of allylic oxidation sites excluding steroid dienone is 1. The van der Waals surface area contributed by atoms with Gasteiger partial charge in [-0.2, -0.15) is 0 Å². The van der Waals surface area contributed by atoms with Gasteiger partial charge in [0.05, 0.1) is 10.8 Å². The smallest absolute Gasteiger partial charge is 0.201 e. The molecule has 2 aromatic carbocycles. The van der Waals surface area contributed by atoms with Gasteiger partial charge in [-0.15, -0.1) is 0 Å². The van der Waals surface area contributed by atoms with E-state index in [-0.39, 0.29) is 5.43 Å². The molecule has 0 bridgehead atoms. The minimum absolute atomic E-state index is 0.0423. The van der Waals surface area contributed by atoms with Crippen LogP contribution in [0.25, 0.3) is 28.0 Å². The van der Waals surface area contributed by atoms with Gasteiger partial charge in [-0.1, -0.05) is 50.6 Å². The third-order valence-electron chi connectivity index (χ3n) is 4.14. The topological polar surface area (TPSA) is 30.2 Å². The minimum Gasteiger partial charge on any atom is -0.456 e. The average Bonchev–Trinajstić information content (AvgIpc) is 2.52. The van der Waals surface area contributed by atoms with E-state index < -0.39 is 0 Å². The molecule has 22 heavy (non-hydrogen) atoms. The van der Waals surface area contributed by atoms with Crippen LogP contribution in [0.3, 0.4) is 0 Å². The van der Waals surface area contributed by atoms with Crippen molar-refractivity contribution in [2.75, 3.05) is 0 Å². The summed E-state index contributed by atoms with van der Waals surface area (Å²) >= 11 is 0. The molecule has 0 aliphatic rings. The van der Waals surface area contributed by atoms with Gasteiger partial charge in [-0.3, -0.25) is 4.79 Å². The molecule has 0 aliphatic heterocycles. The highest BCUT2D eigenvalue weighted by Gasteiger charge is 2.10. The van der Waals surface area contributed by atoms with Gasteiger partial charge in [0.15, 0.2) is 0 Å². The Kier molecular flexibility index (Phi) is 3.84. The first-order valence-corrected chi connectivity index (χ1v) is 7.74. The summed E-state index contributed by atoms with van der Waals surface area (Å²) < 4.78 is 5.95. The lowest BCUT2D eigenvalue weighted by molar-refractivity contribution is 0.659. The summed E-state index contributed by atoms with van der Waals surface area (Å²) in [5, 5.41) is 1.31. The predicted octanol–water partition coefficient (Wildman–Crippen LogP) is 5.31. The summed E-state index contributed by atoms with van der Waals surface area (Å²) in [6, 6.07) is 11.5. The molecule has 3 aromatic rings. The molecule has 2 nitrogen and oxygen atoms in total. The maximum Gasteiger partial charge on any atom is 0.201 e. The third kappa shape index (κ3) is 2.57. The van der Waals surface area contributed by atoms with Crippen molar-refractivity contribution in [2.24, 2.45) is 5.92 Å². The molecule has 3 rings (SSSR count). The molecule has 1 aromatic heterocycles. The summed E-state index contributed by atoms with van der Waals surface area (Å²) in [6.45, 7) is 6.32. The zero-order valence-corrected chi connectivity index (χ0v) is 13.2. The molecule has 1 unspecified atom stereocenters. The molecule has 0 saturated carbocycles. The van der Waals surface area contributed by atoms with Crippen LogP contribution in [-0.4, -0.2) is 0 Å². The molecule has 1 atom stereocenters. The van der Waals surface area contributed by atoms with Gasteiger partial charge in [0.1, 0.15) is 11.2 Å². The molecule has 0 aliphatic carbocycles.